The number of rotatable bonds is 4. The zero-order chi connectivity index (χ0) is 13.0. The summed E-state index contributed by atoms with van der Waals surface area (Å²) in [5.41, 5.74) is 2.58. The van der Waals surface area contributed by atoms with Gasteiger partial charge in [-0.05, 0) is 30.7 Å². The molecule has 5 nitrogen and oxygen atoms in total. The quantitative estimate of drug-likeness (QED) is 0.882. The van der Waals surface area contributed by atoms with Crippen molar-refractivity contribution in [3.05, 3.63) is 30.2 Å². The molecule has 1 heterocycles. The largest absolute Gasteiger partial charge is 0.423 e. The number of anilines is 1. The van der Waals surface area contributed by atoms with Crippen molar-refractivity contribution in [2.24, 2.45) is 0 Å². The van der Waals surface area contributed by atoms with E-state index in [2.05, 4.69) is 31.4 Å². The Bertz CT molecular complexity index is 540. The zero-order valence-electron chi connectivity index (χ0n) is 9.81. The Kier molecular flexibility index (Phi) is 4.09. The zero-order valence-corrected chi connectivity index (χ0v) is 11.4. The molecule has 0 fully saturated rings. The third-order valence-electron chi connectivity index (χ3n) is 2.43. The van der Waals surface area contributed by atoms with Gasteiger partial charge >= 0.3 is 0 Å². The highest BCUT2D eigenvalue weighted by Crippen LogP contribution is 2.23. The summed E-state index contributed by atoms with van der Waals surface area (Å²) in [6.07, 6.45) is 1.74. The number of aromatic nitrogens is 2. The fraction of sp³-hybridized carbons (Fsp3) is 0.250. The summed E-state index contributed by atoms with van der Waals surface area (Å²) in [4.78, 5) is 11.5. The number of benzene rings is 1. The topological polar surface area (TPSA) is 68.0 Å². The van der Waals surface area contributed by atoms with Crippen LogP contribution >= 0.6 is 15.9 Å². The van der Waals surface area contributed by atoms with Gasteiger partial charge < -0.3 is 9.73 Å². The van der Waals surface area contributed by atoms with Crippen LogP contribution in [0.4, 0.5) is 5.69 Å². The van der Waals surface area contributed by atoms with E-state index in [-0.39, 0.29) is 5.91 Å². The van der Waals surface area contributed by atoms with Crippen molar-refractivity contribution in [1.82, 2.24) is 10.2 Å². The van der Waals surface area contributed by atoms with Crippen LogP contribution in [0.2, 0.25) is 0 Å². The van der Waals surface area contributed by atoms with Crippen LogP contribution < -0.4 is 5.32 Å². The monoisotopic (exact) mass is 309 g/mol. The first-order chi connectivity index (χ1) is 8.70. The minimum absolute atomic E-state index is 0.0134. The number of carbonyl (C=O) groups is 1. The van der Waals surface area contributed by atoms with Crippen molar-refractivity contribution < 1.29 is 9.21 Å². The van der Waals surface area contributed by atoms with E-state index in [1.165, 1.54) is 6.39 Å². The molecule has 1 amide bonds. The fourth-order valence-electron chi connectivity index (χ4n) is 1.53. The average Bonchev–Trinajstić information content (AvgIpc) is 2.85. The number of carbonyl (C=O) groups excluding carboxylic acids is 1. The lowest BCUT2D eigenvalue weighted by atomic mass is 10.1. The molecule has 0 unspecified atom stereocenters. The molecular formula is C12H12BrN3O2. The molecular weight excluding hydrogens is 298 g/mol. The summed E-state index contributed by atoms with van der Waals surface area (Å²) in [6, 6.07) is 5.57. The summed E-state index contributed by atoms with van der Waals surface area (Å²) < 4.78 is 5.12. The van der Waals surface area contributed by atoms with Crippen LogP contribution in [0.5, 0.6) is 0 Å². The first-order valence-corrected chi connectivity index (χ1v) is 6.56. The number of halogens is 1. The molecule has 0 saturated carbocycles. The molecule has 0 atom stereocenters. The van der Waals surface area contributed by atoms with Gasteiger partial charge in [-0.25, -0.2) is 0 Å². The minimum atomic E-state index is -0.0134. The van der Waals surface area contributed by atoms with E-state index >= 15 is 0 Å². The molecule has 1 aromatic heterocycles. The fourth-order valence-corrected chi connectivity index (χ4v) is 1.89. The lowest BCUT2D eigenvalue weighted by Gasteiger charge is -2.08. The van der Waals surface area contributed by atoms with Crippen LogP contribution in [0.15, 0.2) is 29.0 Å². The molecule has 0 aliphatic rings. The smallest absolute Gasteiger partial charge is 0.247 e. The van der Waals surface area contributed by atoms with Gasteiger partial charge in [0.05, 0.1) is 0 Å². The Labute approximate surface area is 113 Å². The van der Waals surface area contributed by atoms with E-state index in [1.54, 1.807) is 0 Å². The lowest BCUT2D eigenvalue weighted by Crippen LogP contribution is -2.12. The van der Waals surface area contributed by atoms with Gasteiger partial charge in [-0.3, -0.25) is 4.79 Å². The van der Waals surface area contributed by atoms with Gasteiger partial charge in [0.25, 0.3) is 0 Å². The average molecular weight is 310 g/mol. The molecule has 0 aliphatic carbocycles. The lowest BCUT2D eigenvalue weighted by molar-refractivity contribution is -0.115. The van der Waals surface area contributed by atoms with Gasteiger partial charge in [0.15, 0.2) is 0 Å². The minimum Gasteiger partial charge on any atom is -0.423 e. The predicted octanol–water partition coefficient (Wildman–Crippen LogP) is 2.77. The molecule has 18 heavy (non-hydrogen) atoms. The molecule has 1 N–H and O–H groups in total. The normalized spacial score (nSPS) is 10.3. The van der Waals surface area contributed by atoms with Gasteiger partial charge in [-0.2, -0.15) is 0 Å². The van der Waals surface area contributed by atoms with Crippen molar-refractivity contribution >= 4 is 27.5 Å². The molecule has 0 spiro atoms. The maximum atomic E-state index is 11.5. The van der Waals surface area contributed by atoms with Gasteiger partial charge in [0, 0.05) is 23.0 Å². The summed E-state index contributed by atoms with van der Waals surface area (Å²) in [5.74, 6) is 0.456. The van der Waals surface area contributed by atoms with Crippen LogP contribution in [0, 0.1) is 6.92 Å². The number of nitrogens with zero attached hydrogens (tertiary/aromatic N) is 2. The number of hydrogen-bond donors (Lipinski definition) is 1. The van der Waals surface area contributed by atoms with Crippen LogP contribution in [0.1, 0.15) is 12.0 Å². The number of amides is 1. The second-order valence-electron chi connectivity index (χ2n) is 3.76. The Morgan fingerprint density at radius 3 is 2.94 bits per heavy atom. The van der Waals surface area contributed by atoms with E-state index in [0.29, 0.717) is 17.6 Å². The van der Waals surface area contributed by atoms with E-state index in [0.717, 1.165) is 16.8 Å². The van der Waals surface area contributed by atoms with E-state index in [9.17, 15) is 4.79 Å². The standard InChI is InChI=1S/C12H12BrN3O2/c1-8-6-9(12-16-14-7-18-12)2-3-10(8)15-11(17)4-5-13/h2-3,6-7H,4-5H2,1H3,(H,15,17). The second kappa shape index (κ2) is 5.77. The van der Waals surface area contributed by atoms with Crippen molar-refractivity contribution in [3.8, 4) is 11.5 Å². The highest BCUT2D eigenvalue weighted by Gasteiger charge is 2.08. The molecule has 0 radical (unpaired) electrons. The van der Waals surface area contributed by atoms with Crippen LogP contribution in [0.25, 0.3) is 11.5 Å². The maximum Gasteiger partial charge on any atom is 0.247 e. The number of nitrogens with one attached hydrogen (secondary N) is 1. The summed E-state index contributed by atoms with van der Waals surface area (Å²) in [6.45, 7) is 1.92. The molecule has 2 rings (SSSR count). The molecule has 2 aromatic rings. The highest BCUT2D eigenvalue weighted by molar-refractivity contribution is 9.09. The predicted molar refractivity (Wildman–Crippen MR) is 71.5 cm³/mol. The Morgan fingerprint density at radius 2 is 2.33 bits per heavy atom. The van der Waals surface area contributed by atoms with Crippen LogP contribution in [0.3, 0.4) is 0 Å². The summed E-state index contributed by atoms with van der Waals surface area (Å²) in [7, 11) is 0. The van der Waals surface area contributed by atoms with Gasteiger partial charge in [0.2, 0.25) is 18.2 Å². The molecule has 0 saturated heterocycles. The van der Waals surface area contributed by atoms with Gasteiger partial charge in [0.1, 0.15) is 0 Å². The maximum absolute atomic E-state index is 11.5. The van der Waals surface area contributed by atoms with E-state index in [4.69, 9.17) is 4.42 Å². The van der Waals surface area contributed by atoms with Gasteiger partial charge in [-0.1, -0.05) is 15.9 Å². The third kappa shape index (κ3) is 2.95. The molecule has 0 bridgehead atoms. The third-order valence-corrected chi connectivity index (χ3v) is 2.83. The summed E-state index contributed by atoms with van der Waals surface area (Å²) in [5, 5.41) is 11.0. The second-order valence-corrected chi connectivity index (χ2v) is 4.55. The number of hydrogen-bond acceptors (Lipinski definition) is 4. The van der Waals surface area contributed by atoms with Crippen molar-refractivity contribution in [1.29, 1.82) is 0 Å². The molecule has 0 aliphatic heterocycles. The summed E-state index contributed by atoms with van der Waals surface area (Å²) >= 11 is 3.23. The number of alkyl halides is 1. The van der Waals surface area contributed by atoms with E-state index < -0.39 is 0 Å². The van der Waals surface area contributed by atoms with Crippen LogP contribution in [-0.4, -0.2) is 21.4 Å². The first-order valence-electron chi connectivity index (χ1n) is 5.43. The Morgan fingerprint density at radius 1 is 1.50 bits per heavy atom. The molecule has 6 heteroatoms. The molecule has 94 valence electrons. The SMILES string of the molecule is Cc1cc(-c2nnco2)ccc1NC(=O)CCBr. The van der Waals surface area contributed by atoms with Gasteiger partial charge in [-0.15, -0.1) is 10.2 Å². The van der Waals surface area contributed by atoms with Crippen molar-refractivity contribution in [3.63, 3.8) is 0 Å². The number of aryl methyl sites for hydroxylation is 1. The van der Waals surface area contributed by atoms with Crippen LogP contribution in [-0.2, 0) is 4.79 Å². The first kappa shape index (κ1) is 12.8. The Hall–Kier alpha value is -1.69. The van der Waals surface area contributed by atoms with E-state index in [1.807, 2.05) is 25.1 Å². The highest BCUT2D eigenvalue weighted by atomic mass is 79.9. The van der Waals surface area contributed by atoms with Crippen molar-refractivity contribution in [2.75, 3.05) is 10.6 Å². The molecule has 1 aromatic carbocycles. The Balaban J connectivity index is 2.18. The van der Waals surface area contributed by atoms with Crippen molar-refractivity contribution in [2.45, 2.75) is 13.3 Å².